The maximum Gasteiger partial charge on any atom is 0.410 e. The summed E-state index contributed by atoms with van der Waals surface area (Å²) in [5, 5.41) is 0. The molecule has 1 saturated heterocycles. The van der Waals surface area contributed by atoms with E-state index in [9.17, 15) is 4.79 Å². The molecule has 0 spiro atoms. The molecule has 1 aliphatic heterocycles. The fraction of sp³-hybridized carbons (Fsp3) is 0.611. The predicted octanol–water partition coefficient (Wildman–Crippen LogP) is 3.05. The Bertz CT molecular complexity index is 497. The van der Waals surface area contributed by atoms with Crippen LogP contribution in [0.25, 0.3) is 0 Å². The van der Waals surface area contributed by atoms with Gasteiger partial charge in [-0.3, -0.25) is 0 Å². The van der Waals surface area contributed by atoms with Gasteiger partial charge in [-0.05, 0) is 26.3 Å². The quantitative estimate of drug-likeness (QED) is 0.858. The first-order valence-corrected chi connectivity index (χ1v) is 8.04. The molecule has 1 unspecified atom stereocenters. The fourth-order valence-electron chi connectivity index (χ4n) is 2.72. The van der Waals surface area contributed by atoms with E-state index in [4.69, 9.17) is 14.2 Å². The predicted molar refractivity (Wildman–Crippen MR) is 88.6 cm³/mol. The molecule has 23 heavy (non-hydrogen) atoms. The summed E-state index contributed by atoms with van der Waals surface area (Å²) in [6.07, 6.45) is -0.366. The molecule has 1 aliphatic rings. The largest absolute Gasteiger partial charge is 0.444 e. The molecule has 1 fully saturated rings. The van der Waals surface area contributed by atoms with Crippen molar-refractivity contribution in [2.75, 3.05) is 33.4 Å². The number of benzene rings is 1. The number of hydrogen-bond donors (Lipinski definition) is 0. The third kappa shape index (κ3) is 5.22. The van der Waals surface area contributed by atoms with Gasteiger partial charge in [-0.25, -0.2) is 4.79 Å². The lowest BCUT2D eigenvalue weighted by molar-refractivity contribution is -0.00491. The number of ether oxygens (including phenoxy) is 3. The molecule has 1 aromatic carbocycles. The minimum atomic E-state index is -0.502. The molecule has 5 heteroatoms. The summed E-state index contributed by atoms with van der Waals surface area (Å²) in [5.41, 5.74) is 0.642. The Labute approximate surface area is 138 Å². The van der Waals surface area contributed by atoms with E-state index in [1.165, 1.54) is 0 Å². The third-order valence-electron chi connectivity index (χ3n) is 3.77. The molecule has 128 valence electrons. The van der Waals surface area contributed by atoms with Crippen molar-refractivity contribution in [3.8, 4) is 0 Å². The molecule has 0 radical (unpaired) electrons. The number of carbonyl (C=O) groups excluding carboxylic acids is 1. The SMILES string of the molecule is COC[C@H]1OCCN(C(=O)OC(C)(C)C)CC1c1ccccc1. The third-order valence-corrected chi connectivity index (χ3v) is 3.77. The van der Waals surface area contributed by atoms with Crippen molar-refractivity contribution in [3.05, 3.63) is 35.9 Å². The van der Waals surface area contributed by atoms with Crippen LogP contribution in [0.2, 0.25) is 0 Å². The zero-order chi connectivity index (χ0) is 16.9. The van der Waals surface area contributed by atoms with E-state index in [-0.39, 0.29) is 18.1 Å². The Balaban J connectivity index is 2.18. The molecular weight excluding hydrogens is 294 g/mol. The number of hydrogen-bond acceptors (Lipinski definition) is 4. The van der Waals surface area contributed by atoms with Crippen molar-refractivity contribution in [1.82, 2.24) is 4.90 Å². The van der Waals surface area contributed by atoms with Crippen molar-refractivity contribution in [3.63, 3.8) is 0 Å². The number of methoxy groups -OCH3 is 1. The lowest BCUT2D eigenvalue weighted by atomic mass is 9.93. The van der Waals surface area contributed by atoms with Crippen LogP contribution in [0.5, 0.6) is 0 Å². The Hall–Kier alpha value is -1.59. The maximum atomic E-state index is 12.4. The van der Waals surface area contributed by atoms with Gasteiger partial charge in [0.25, 0.3) is 0 Å². The molecule has 2 atom stereocenters. The summed E-state index contributed by atoms with van der Waals surface area (Å²) in [5.74, 6) is 0.0613. The zero-order valence-electron chi connectivity index (χ0n) is 14.5. The van der Waals surface area contributed by atoms with Crippen LogP contribution in [0.15, 0.2) is 30.3 Å². The average Bonchev–Trinajstić information content (AvgIpc) is 2.70. The van der Waals surface area contributed by atoms with Crippen LogP contribution < -0.4 is 0 Å². The molecule has 0 aliphatic carbocycles. The van der Waals surface area contributed by atoms with E-state index < -0.39 is 5.60 Å². The smallest absolute Gasteiger partial charge is 0.410 e. The summed E-state index contributed by atoms with van der Waals surface area (Å²) in [7, 11) is 1.67. The standard InChI is InChI=1S/C18H27NO4/c1-18(2,3)23-17(20)19-10-11-22-16(13-21-4)15(12-19)14-8-6-5-7-9-14/h5-9,15-16H,10-13H2,1-4H3/t15?,16-/m1/s1. The molecule has 0 bridgehead atoms. The summed E-state index contributed by atoms with van der Waals surface area (Å²) in [6.45, 7) is 7.70. The second-order valence-electron chi connectivity index (χ2n) is 6.81. The van der Waals surface area contributed by atoms with E-state index in [2.05, 4.69) is 12.1 Å². The van der Waals surface area contributed by atoms with Crippen molar-refractivity contribution in [2.24, 2.45) is 0 Å². The van der Waals surface area contributed by atoms with Gasteiger partial charge in [0, 0.05) is 26.1 Å². The first kappa shape index (κ1) is 17.8. The van der Waals surface area contributed by atoms with Crippen LogP contribution in [-0.4, -0.2) is 56.1 Å². The number of nitrogens with zero attached hydrogens (tertiary/aromatic N) is 1. The number of carbonyl (C=O) groups is 1. The van der Waals surface area contributed by atoms with Gasteiger partial charge < -0.3 is 19.1 Å². The molecule has 0 aromatic heterocycles. The lowest BCUT2D eigenvalue weighted by Gasteiger charge is -2.29. The highest BCUT2D eigenvalue weighted by Crippen LogP contribution is 2.26. The van der Waals surface area contributed by atoms with Gasteiger partial charge in [-0.15, -0.1) is 0 Å². The van der Waals surface area contributed by atoms with Gasteiger partial charge in [-0.1, -0.05) is 30.3 Å². The van der Waals surface area contributed by atoms with E-state index >= 15 is 0 Å². The highest BCUT2D eigenvalue weighted by atomic mass is 16.6. The minimum absolute atomic E-state index is 0.0613. The van der Waals surface area contributed by atoms with E-state index in [0.717, 1.165) is 5.56 Å². The Morgan fingerprint density at radius 2 is 2.00 bits per heavy atom. The van der Waals surface area contributed by atoms with Crippen LogP contribution in [0.3, 0.4) is 0 Å². The van der Waals surface area contributed by atoms with Gasteiger partial charge in [0.05, 0.1) is 19.3 Å². The summed E-state index contributed by atoms with van der Waals surface area (Å²) in [4.78, 5) is 14.2. The van der Waals surface area contributed by atoms with Crippen molar-refractivity contribution >= 4 is 6.09 Å². The first-order chi connectivity index (χ1) is 10.9. The second kappa shape index (κ2) is 7.79. The Morgan fingerprint density at radius 1 is 1.30 bits per heavy atom. The van der Waals surface area contributed by atoms with Crippen LogP contribution in [-0.2, 0) is 14.2 Å². The molecule has 0 N–H and O–H groups in total. The molecule has 1 amide bonds. The molecule has 1 heterocycles. The maximum absolute atomic E-state index is 12.4. The van der Waals surface area contributed by atoms with Crippen molar-refractivity contribution in [1.29, 1.82) is 0 Å². The minimum Gasteiger partial charge on any atom is -0.444 e. The van der Waals surface area contributed by atoms with Gasteiger partial charge in [0.15, 0.2) is 0 Å². The molecule has 0 saturated carbocycles. The van der Waals surface area contributed by atoms with Crippen LogP contribution in [0, 0.1) is 0 Å². The topological polar surface area (TPSA) is 48.0 Å². The Kier molecular flexibility index (Phi) is 6.02. The normalized spacial score (nSPS) is 22.5. The summed E-state index contributed by atoms with van der Waals surface area (Å²) < 4.78 is 16.8. The highest BCUT2D eigenvalue weighted by Gasteiger charge is 2.33. The van der Waals surface area contributed by atoms with Gasteiger partial charge in [0.2, 0.25) is 0 Å². The van der Waals surface area contributed by atoms with Crippen molar-refractivity contribution in [2.45, 2.75) is 38.4 Å². The van der Waals surface area contributed by atoms with Crippen LogP contribution >= 0.6 is 0 Å². The van der Waals surface area contributed by atoms with Crippen molar-refractivity contribution < 1.29 is 19.0 Å². The average molecular weight is 321 g/mol. The summed E-state index contributed by atoms with van der Waals surface area (Å²) >= 11 is 0. The van der Waals surface area contributed by atoms with Gasteiger partial charge in [0.1, 0.15) is 5.60 Å². The van der Waals surface area contributed by atoms with E-state index in [1.807, 2.05) is 39.0 Å². The van der Waals surface area contributed by atoms with E-state index in [0.29, 0.717) is 26.3 Å². The first-order valence-electron chi connectivity index (χ1n) is 8.04. The molecule has 5 nitrogen and oxygen atoms in total. The van der Waals surface area contributed by atoms with Gasteiger partial charge >= 0.3 is 6.09 Å². The Morgan fingerprint density at radius 3 is 2.61 bits per heavy atom. The van der Waals surface area contributed by atoms with Gasteiger partial charge in [-0.2, -0.15) is 0 Å². The molecule has 1 aromatic rings. The zero-order valence-corrected chi connectivity index (χ0v) is 14.5. The lowest BCUT2D eigenvalue weighted by Crippen LogP contribution is -2.40. The highest BCUT2D eigenvalue weighted by molar-refractivity contribution is 5.68. The second-order valence-corrected chi connectivity index (χ2v) is 6.81. The molecule has 2 rings (SSSR count). The fourth-order valence-corrected chi connectivity index (χ4v) is 2.72. The monoisotopic (exact) mass is 321 g/mol. The summed E-state index contributed by atoms with van der Waals surface area (Å²) in [6, 6.07) is 10.1. The number of rotatable bonds is 3. The number of amides is 1. The van der Waals surface area contributed by atoms with E-state index in [1.54, 1.807) is 12.0 Å². The van der Waals surface area contributed by atoms with Crippen LogP contribution in [0.1, 0.15) is 32.3 Å². The van der Waals surface area contributed by atoms with Crippen LogP contribution in [0.4, 0.5) is 4.79 Å². The molecular formula is C18H27NO4.